The molecule has 1 radical (unpaired) electrons. The maximum Gasteiger partial charge on any atom is 0.00481 e. The van der Waals surface area contributed by atoms with E-state index in [-0.39, 0.29) is 0 Å². The molecule has 0 aliphatic rings. The van der Waals surface area contributed by atoms with Crippen LogP contribution in [0.3, 0.4) is 0 Å². The fourth-order valence-corrected chi connectivity index (χ4v) is 1.95. The summed E-state index contributed by atoms with van der Waals surface area (Å²) in [5.74, 6) is 0. The third-order valence-corrected chi connectivity index (χ3v) is 3.46. The van der Waals surface area contributed by atoms with Crippen LogP contribution < -0.4 is 0 Å². The van der Waals surface area contributed by atoms with Crippen molar-refractivity contribution in [3.05, 3.63) is 29.3 Å². The molecule has 0 nitrogen and oxygen atoms in total. The Hall–Kier alpha value is 0.0500. The molecule has 1 rings (SSSR count). The predicted molar refractivity (Wildman–Crippen MR) is 55.3 cm³/mol. The molecule has 1 atom stereocenters. The number of thiophene rings is 1. The number of thioether (sulfide) groups is 1. The largest absolute Gasteiger partial charge is 0.162 e. The van der Waals surface area contributed by atoms with E-state index in [9.17, 15) is 0 Å². The number of hydrogen-bond donors (Lipinski definition) is 0. The molecule has 1 aromatic rings. The summed E-state index contributed by atoms with van der Waals surface area (Å²) < 4.78 is 0. The molecule has 0 aliphatic carbocycles. The predicted octanol–water partition coefficient (Wildman–Crippen LogP) is 3.25. The van der Waals surface area contributed by atoms with Gasteiger partial charge >= 0.3 is 0 Å². The fraction of sp³-hybridized carbons (Fsp3) is 0.444. The van der Waals surface area contributed by atoms with Crippen LogP contribution in [-0.2, 0) is 6.42 Å². The molecule has 0 N–H and O–H groups in total. The maximum atomic E-state index is 4.02. The van der Waals surface area contributed by atoms with Gasteiger partial charge in [-0.3, -0.25) is 0 Å². The van der Waals surface area contributed by atoms with E-state index in [1.807, 2.05) is 23.1 Å². The molecule has 0 saturated carbocycles. The van der Waals surface area contributed by atoms with Crippen molar-refractivity contribution in [3.8, 4) is 0 Å². The second-order valence-corrected chi connectivity index (χ2v) is 4.65. The lowest BCUT2D eigenvalue weighted by Gasteiger charge is -2.04. The van der Waals surface area contributed by atoms with Gasteiger partial charge in [-0.1, -0.05) is 6.07 Å². The van der Waals surface area contributed by atoms with Gasteiger partial charge < -0.3 is 0 Å². The third-order valence-electron chi connectivity index (χ3n) is 1.63. The molecule has 0 amide bonds. The Morgan fingerprint density at radius 2 is 2.55 bits per heavy atom. The average molecular weight is 185 g/mol. The average Bonchev–Trinajstić information content (AvgIpc) is 2.52. The van der Waals surface area contributed by atoms with Gasteiger partial charge in [0.2, 0.25) is 0 Å². The zero-order chi connectivity index (χ0) is 8.10. The molecule has 0 spiro atoms. The first-order valence-corrected chi connectivity index (χ1v) is 5.88. The zero-order valence-corrected chi connectivity index (χ0v) is 8.38. The lowest BCUT2D eigenvalue weighted by atomic mass is 10.2. The van der Waals surface area contributed by atoms with E-state index in [0.717, 1.165) is 0 Å². The summed E-state index contributed by atoms with van der Waals surface area (Å²) in [7, 11) is 0. The van der Waals surface area contributed by atoms with Crippen LogP contribution in [0.5, 0.6) is 0 Å². The van der Waals surface area contributed by atoms with Crippen LogP contribution in [0.25, 0.3) is 0 Å². The minimum absolute atomic E-state index is 0.553. The second kappa shape index (κ2) is 4.83. The fourth-order valence-electron chi connectivity index (χ4n) is 0.876. The number of aryl methyl sites for hydroxylation is 1. The van der Waals surface area contributed by atoms with Gasteiger partial charge in [0.05, 0.1) is 0 Å². The van der Waals surface area contributed by atoms with Gasteiger partial charge in [0.25, 0.3) is 0 Å². The summed E-state index contributed by atoms with van der Waals surface area (Å²) in [5, 5.41) is 2.68. The quantitative estimate of drug-likeness (QED) is 0.694. The minimum Gasteiger partial charge on any atom is -0.162 e. The van der Waals surface area contributed by atoms with Crippen molar-refractivity contribution in [1.29, 1.82) is 0 Å². The Kier molecular flexibility index (Phi) is 4.02. The van der Waals surface area contributed by atoms with Crippen LogP contribution in [-0.4, -0.2) is 11.5 Å². The SMILES string of the molecule is [CH2]C(CCc1cccs1)SC. The molecule has 0 fully saturated rings. The van der Waals surface area contributed by atoms with Gasteiger partial charge in [-0.05, 0) is 37.5 Å². The maximum absolute atomic E-state index is 4.02. The van der Waals surface area contributed by atoms with Crippen LogP contribution >= 0.6 is 23.1 Å². The highest BCUT2D eigenvalue weighted by atomic mass is 32.2. The van der Waals surface area contributed by atoms with E-state index in [2.05, 4.69) is 30.7 Å². The molecule has 61 valence electrons. The highest BCUT2D eigenvalue weighted by Gasteiger charge is 2.00. The Bertz CT molecular complexity index is 179. The Labute approximate surface area is 77.0 Å². The lowest BCUT2D eigenvalue weighted by Crippen LogP contribution is -1.96. The van der Waals surface area contributed by atoms with Crippen molar-refractivity contribution in [2.24, 2.45) is 0 Å². The highest BCUT2D eigenvalue weighted by molar-refractivity contribution is 7.99. The third kappa shape index (κ3) is 3.30. The molecule has 0 saturated heterocycles. The molecule has 2 heteroatoms. The summed E-state index contributed by atoms with van der Waals surface area (Å²) in [5.41, 5.74) is 0. The molecule has 1 aromatic heterocycles. The van der Waals surface area contributed by atoms with E-state index in [0.29, 0.717) is 5.25 Å². The van der Waals surface area contributed by atoms with Crippen LogP contribution in [0, 0.1) is 6.92 Å². The summed E-state index contributed by atoms with van der Waals surface area (Å²) in [6.45, 7) is 4.02. The topological polar surface area (TPSA) is 0 Å². The molecule has 0 aromatic carbocycles. The van der Waals surface area contributed by atoms with Gasteiger partial charge in [0.1, 0.15) is 0 Å². The molecule has 1 heterocycles. The first-order chi connectivity index (χ1) is 5.33. The number of rotatable bonds is 4. The van der Waals surface area contributed by atoms with Crippen LogP contribution in [0.2, 0.25) is 0 Å². The van der Waals surface area contributed by atoms with E-state index in [1.165, 1.54) is 17.7 Å². The van der Waals surface area contributed by atoms with E-state index in [1.54, 1.807) is 0 Å². The van der Waals surface area contributed by atoms with Crippen molar-refractivity contribution in [3.63, 3.8) is 0 Å². The van der Waals surface area contributed by atoms with Crippen LogP contribution in [0.1, 0.15) is 11.3 Å². The second-order valence-electron chi connectivity index (χ2n) is 2.48. The van der Waals surface area contributed by atoms with Crippen molar-refractivity contribution in [2.45, 2.75) is 18.1 Å². The van der Waals surface area contributed by atoms with Crippen molar-refractivity contribution >= 4 is 23.1 Å². The molecular formula is C9H13S2. The van der Waals surface area contributed by atoms with Gasteiger partial charge in [0, 0.05) is 10.1 Å². The molecule has 11 heavy (non-hydrogen) atoms. The Morgan fingerprint density at radius 1 is 1.73 bits per heavy atom. The van der Waals surface area contributed by atoms with E-state index < -0.39 is 0 Å². The number of hydrogen-bond acceptors (Lipinski definition) is 2. The molecule has 0 bridgehead atoms. The zero-order valence-electron chi connectivity index (χ0n) is 6.75. The summed E-state index contributed by atoms with van der Waals surface area (Å²) in [6.07, 6.45) is 4.50. The molecule has 1 unspecified atom stereocenters. The smallest absolute Gasteiger partial charge is 0.00481 e. The lowest BCUT2D eigenvalue weighted by molar-refractivity contribution is 0.869. The van der Waals surface area contributed by atoms with Gasteiger partial charge in [-0.25, -0.2) is 0 Å². The standard InChI is InChI=1S/C9H13S2/c1-8(10-2)5-6-9-4-3-7-11-9/h3-4,7-8H,1,5-6H2,2H3. The normalized spacial score (nSPS) is 13.3. The van der Waals surface area contributed by atoms with Crippen molar-refractivity contribution < 1.29 is 0 Å². The van der Waals surface area contributed by atoms with Crippen molar-refractivity contribution in [1.82, 2.24) is 0 Å². The minimum atomic E-state index is 0.553. The van der Waals surface area contributed by atoms with Gasteiger partial charge in [0.15, 0.2) is 0 Å². The Morgan fingerprint density at radius 3 is 3.09 bits per heavy atom. The molecule has 0 aliphatic heterocycles. The van der Waals surface area contributed by atoms with E-state index in [4.69, 9.17) is 0 Å². The Balaban J connectivity index is 2.23. The monoisotopic (exact) mass is 185 g/mol. The van der Waals surface area contributed by atoms with Crippen LogP contribution in [0.4, 0.5) is 0 Å². The van der Waals surface area contributed by atoms with Gasteiger partial charge in [-0.2, -0.15) is 11.8 Å². The highest BCUT2D eigenvalue weighted by Crippen LogP contribution is 2.16. The summed E-state index contributed by atoms with van der Waals surface area (Å²) in [6, 6.07) is 4.30. The first kappa shape index (κ1) is 9.14. The first-order valence-electron chi connectivity index (χ1n) is 3.71. The molecular weight excluding hydrogens is 172 g/mol. The van der Waals surface area contributed by atoms with Crippen LogP contribution in [0.15, 0.2) is 17.5 Å². The summed E-state index contributed by atoms with van der Waals surface area (Å²) >= 11 is 3.68. The van der Waals surface area contributed by atoms with E-state index >= 15 is 0 Å². The van der Waals surface area contributed by atoms with Gasteiger partial charge in [-0.15, -0.1) is 11.3 Å². The van der Waals surface area contributed by atoms with Crippen molar-refractivity contribution in [2.75, 3.05) is 6.26 Å². The summed E-state index contributed by atoms with van der Waals surface area (Å²) in [4.78, 5) is 1.48.